The molecule has 0 unspecified atom stereocenters. The molecule has 94 valence electrons. The van der Waals surface area contributed by atoms with Crippen LogP contribution < -0.4 is 0 Å². The Labute approximate surface area is 105 Å². The van der Waals surface area contributed by atoms with Crippen molar-refractivity contribution in [2.75, 3.05) is 6.54 Å². The maximum Gasteiger partial charge on any atom is 0.320 e. The van der Waals surface area contributed by atoms with Crippen molar-refractivity contribution in [1.82, 2.24) is 4.90 Å². The predicted octanol–water partition coefficient (Wildman–Crippen LogP) is 2.48. The van der Waals surface area contributed by atoms with Crippen molar-refractivity contribution >= 4 is 16.9 Å². The summed E-state index contributed by atoms with van der Waals surface area (Å²) in [5.41, 5.74) is 0.860. The standard InChI is InChI=1S/C14H15NO3/c16-14(17)12-5-3-7-15(12)9-11-8-10-4-1-2-6-13(10)18-11/h1-2,4,6,8,12H,3,5,7,9H2,(H,16,17)/t12-/m1/s1. The van der Waals surface area contributed by atoms with Crippen LogP contribution in [0, 0.1) is 0 Å². The number of aliphatic carboxylic acids is 1. The first-order valence-corrected chi connectivity index (χ1v) is 6.18. The van der Waals surface area contributed by atoms with Crippen LogP contribution in [0.5, 0.6) is 0 Å². The largest absolute Gasteiger partial charge is 0.480 e. The lowest BCUT2D eigenvalue weighted by atomic mass is 10.2. The molecule has 1 saturated heterocycles. The van der Waals surface area contributed by atoms with E-state index in [9.17, 15) is 4.79 Å². The third-order valence-corrected chi connectivity index (χ3v) is 3.48. The van der Waals surface area contributed by atoms with Crippen molar-refractivity contribution in [3.8, 4) is 0 Å². The number of hydrogen-bond acceptors (Lipinski definition) is 3. The predicted molar refractivity (Wildman–Crippen MR) is 67.3 cm³/mol. The molecule has 4 heteroatoms. The minimum absolute atomic E-state index is 0.363. The van der Waals surface area contributed by atoms with E-state index in [2.05, 4.69) is 0 Å². The summed E-state index contributed by atoms with van der Waals surface area (Å²) in [7, 11) is 0. The molecule has 4 nitrogen and oxygen atoms in total. The highest BCUT2D eigenvalue weighted by Gasteiger charge is 2.30. The number of carbonyl (C=O) groups is 1. The van der Waals surface area contributed by atoms with Crippen molar-refractivity contribution in [2.24, 2.45) is 0 Å². The minimum atomic E-state index is -0.733. The number of rotatable bonds is 3. The highest BCUT2D eigenvalue weighted by atomic mass is 16.4. The molecule has 1 aromatic heterocycles. The molecule has 0 amide bonds. The van der Waals surface area contributed by atoms with Gasteiger partial charge in [0.25, 0.3) is 0 Å². The van der Waals surface area contributed by atoms with Crippen LogP contribution in [0.25, 0.3) is 11.0 Å². The third-order valence-electron chi connectivity index (χ3n) is 3.48. The maximum absolute atomic E-state index is 11.1. The zero-order valence-corrected chi connectivity index (χ0v) is 10.0. The molecule has 1 aliphatic heterocycles. The summed E-state index contributed by atoms with van der Waals surface area (Å²) in [5.74, 6) is 0.105. The first kappa shape index (κ1) is 11.3. The van der Waals surface area contributed by atoms with E-state index in [0.29, 0.717) is 6.54 Å². The van der Waals surface area contributed by atoms with E-state index < -0.39 is 5.97 Å². The molecule has 0 spiro atoms. The van der Waals surface area contributed by atoms with Crippen LogP contribution in [0.2, 0.25) is 0 Å². The molecule has 0 bridgehead atoms. The van der Waals surface area contributed by atoms with Gasteiger partial charge in [-0.2, -0.15) is 0 Å². The lowest BCUT2D eigenvalue weighted by Gasteiger charge is -2.19. The lowest BCUT2D eigenvalue weighted by Crippen LogP contribution is -2.35. The second kappa shape index (κ2) is 4.46. The van der Waals surface area contributed by atoms with Crippen molar-refractivity contribution < 1.29 is 14.3 Å². The number of para-hydroxylation sites is 1. The van der Waals surface area contributed by atoms with E-state index in [0.717, 1.165) is 36.1 Å². The molecule has 1 N–H and O–H groups in total. The Hall–Kier alpha value is -1.81. The fourth-order valence-electron chi connectivity index (χ4n) is 2.61. The van der Waals surface area contributed by atoms with Crippen molar-refractivity contribution in [1.29, 1.82) is 0 Å². The van der Waals surface area contributed by atoms with Gasteiger partial charge >= 0.3 is 5.97 Å². The van der Waals surface area contributed by atoms with E-state index >= 15 is 0 Å². The summed E-state index contributed by atoms with van der Waals surface area (Å²) in [5, 5.41) is 10.2. The molecule has 0 saturated carbocycles. The number of carboxylic acid groups (broad SMARTS) is 1. The summed E-state index contributed by atoms with van der Waals surface area (Å²) in [6.07, 6.45) is 1.67. The first-order chi connectivity index (χ1) is 8.74. The molecule has 3 rings (SSSR count). The average Bonchev–Trinajstić information content (AvgIpc) is 2.94. The van der Waals surface area contributed by atoms with Crippen molar-refractivity contribution in [3.05, 3.63) is 36.1 Å². The number of fused-ring (bicyclic) bond motifs is 1. The molecule has 2 heterocycles. The van der Waals surface area contributed by atoms with Gasteiger partial charge in [-0.3, -0.25) is 9.69 Å². The van der Waals surface area contributed by atoms with Crippen LogP contribution in [-0.4, -0.2) is 28.6 Å². The molecular weight excluding hydrogens is 230 g/mol. The highest BCUT2D eigenvalue weighted by molar-refractivity contribution is 5.77. The second-order valence-corrected chi connectivity index (χ2v) is 4.72. The van der Waals surface area contributed by atoms with E-state index in [4.69, 9.17) is 9.52 Å². The number of nitrogens with zero attached hydrogens (tertiary/aromatic N) is 1. The minimum Gasteiger partial charge on any atom is -0.480 e. The summed E-state index contributed by atoms with van der Waals surface area (Å²) < 4.78 is 5.72. The van der Waals surface area contributed by atoms with Gasteiger partial charge in [-0.15, -0.1) is 0 Å². The maximum atomic E-state index is 11.1. The van der Waals surface area contributed by atoms with Gasteiger partial charge < -0.3 is 9.52 Å². The molecule has 0 aliphatic carbocycles. The average molecular weight is 245 g/mol. The summed E-state index contributed by atoms with van der Waals surface area (Å²) in [6.45, 7) is 1.40. The zero-order valence-electron chi connectivity index (χ0n) is 10.0. The molecule has 1 atom stereocenters. The van der Waals surface area contributed by atoms with Gasteiger partial charge in [0.05, 0.1) is 6.54 Å². The Balaban J connectivity index is 1.81. The Morgan fingerprint density at radius 1 is 1.44 bits per heavy atom. The Morgan fingerprint density at radius 3 is 3.06 bits per heavy atom. The Bertz CT molecular complexity index is 542. The van der Waals surface area contributed by atoms with Crippen LogP contribution in [0.4, 0.5) is 0 Å². The van der Waals surface area contributed by atoms with Gasteiger partial charge in [0, 0.05) is 5.39 Å². The van der Waals surface area contributed by atoms with E-state index in [1.54, 1.807) is 0 Å². The molecule has 0 radical (unpaired) electrons. The normalized spacial score (nSPS) is 20.6. The van der Waals surface area contributed by atoms with Crippen LogP contribution in [0.1, 0.15) is 18.6 Å². The van der Waals surface area contributed by atoms with Gasteiger partial charge in [-0.25, -0.2) is 0 Å². The van der Waals surface area contributed by atoms with E-state index in [-0.39, 0.29) is 6.04 Å². The van der Waals surface area contributed by atoms with E-state index in [1.807, 2.05) is 35.2 Å². The number of likely N-dealkylation sites (tertiary alicyclic amines) is 1. The van der Waals surface area contributed by atoms with Crippen LogP contribution in [0.15, 0.2) is 34.7 Å². The number of hydrogen-bond donors (Lipinski definition) is 1. The van der Waals surface area contributed by atoms with Crippen molar-refractivity contribution in [3.63, 3.8) is 0 Å². The van der Waals surface area contributed by atoms with Crippen LogP contribution in [-0.2, 0) is 11.3 Å². The monoisotopic (exact) mass is 245 g/mol. The summed E-state index contributed by atoms with van der Waals surface area (Å²) in [6, 6.07) is 9.46. The molecule has 1 fully saturated rings. The number of carboxylic acids is 1. The van der Waals surface area contributed by atoms with Gasteiger partial charge in [-0.05, 0) is 31.5 Å². The smallest absolute Gasteiger partial charge is 0.320 e. The van der Waals surface area contributed by atoms with Gasteiger partial charge in [0.2, 0.25) is 0 Å². The van der Waals surface area contributed by atoms with Crippen LogP contribution in [0.3, 0.4) is 0 Å². The molecule has 18 heavy (non-hydrogen) atoms. The van der Waals surface area contributed by atoms with Crippen LogP contribution >= 0.6 is 0 Å². The summed E-state index contributed by atoms with van der Waals surface area (Å²) >= 11 is 0. The number of furan rings is 1. The van der Waals surface area contributed by atoms with E-state index in [1.165, 1.54) is 0 Å². The summed E-state index contributed by atoms with van der Waals surface area (Å²) in [4.78, 5) is 13.1. The fourth-order valence-corrected chi connectivity index (χ4v) is 2.61. The van der Waals surface area contributed by atoms with Crippen molar-refractivity contribution in [2.45, 2.75) is 25.4 Å². The molecular formula is C14H15NO3. The highest BCUT2D eigenvalue weighted by Crippen LogP contribution is 2.24. The second-order valence-electron chi connectivity index (χ2n) is 4.72. The fraction of sp³-hybridized carbons (Fsp3) is 0.357. The SMILES string of the molecule is O=C(O)[C@H]1CCCN1Cc1cc2ccccc2o1. The lowest BCUT2D eigenvalue weighted by molar-refractivity contribution is -0.142. The quantitative estimate of drug-likeness (QED) is 0.902. The molecule has 2 aromatic rings. The molecule has 1 aromatic carbocycles. The first-order valence-electron chi connectivity index (χ1n) is 6.18. The topological polar surface area (TPSA) is 53.7 Å². The molecule has 1 aliphatic rings. The van der Waals surface area contributed by atoms with Gasteiger partial charge in [-0.1, -0.05) is 18.2 Å². The van der Waals surface area contributed by atoms with Gasteiger partial charge in [0.1, 0.15) is 17.4 Å². The zero-order chi connectivity index (χ0) is 12.5. The van der Waals surface area contributed by atoms with Gasteiger partial charge in [0.15, 0.2) is 0 Å². The number of benzene rings is 1. The Morgan fingerprint density at radius 2 is 2.28 bits per heavy atom. The third kappa shape index (κ3) is 1.99. The Kier molecular flexibility index (Phi) is 2.80.